The zero-order valence-corrected chi connectivity index (χ0v) is 8.81. The van der Waals surface area contributed by atoms with Gasteiger partial charge in [-0.1, -0.05) is 6.07 Å². The molecule has 0 amide bonds. The molecule has 0 radical (unpaired) electrons. The lowest BCUT2D eigenvalue weighted by Crippen LogP contribution is -2.27. The molecule has 0 saturated heterocycles. The largest absolute Gasteiger partial charge is 0.413 e. The smallest absolute Gasteiger partial charge is 0.292 e. The van der Waals surface area contributed by atoms with Gasteiger partial charge in [-0.15, -0.1) is 0 Å². The minimum absolute atomic E-state index is 0.366. The van der Waals surface area contributed by atoms with Crippen LogP contribution in [0, 0.1) is 11.6 Å². The van der Waals surface area contributed by atoms with Crippen LogP contribution in [0.5, 0.6) is 0 Å². The fourth-order valence-electron chi connectivity index (χ4n) is 1.23. The van der Waals surface area contributed by atoms with Gasteiger partial charge in [-0.3, -0.25) is 4.84 Å². The third kappa shape index (κ3) is 4.27. The third-order valence-corrected chi connectivity index (χ3v) is 1.93. The van der Waals surface area contributed by atoms with Crippen LogP contribution in [0.3, 0.4) is 0 Å². The van der Waals surface area contributed by atoms with Crippen molar-refractivity contribution in [2.24, 2.45) is 0 Å². The van der Waals surface area contributed by atoms with Crippen molar-refractivity contribution >= 4 is 0 Å². The molecule has 0 aliphatic carbocycles. The summed E-state index contributed by atoms with van der Waals surface area (Å²) in [6.07, 6.45) is -4.50. The minimum atomic E-state index is -4.50. The molecule has 0 aliphatic heterocycles. The predicted octanol–water partition coefficient (Wildman–Crippen LogP) is 3.11. The Labute approximate surface area is 94.3 Å². The van der Waals surface area contributed by atoms with Gasteiger partial charge in [0.15, 0.2) is 6.61 Å². The van der Waals surface area contributed by atoms with E-state index in [1.807, 2.05) is 5.48 Å². The van der Waals surface area contributed by atoms with E-state index >= 15 is 0 Å². The van der Waals surface area contributed by atoms with Crippen molar-refractivity contribution in [2.75, 3.05) is 6.61 Å². The molecule has 0 aromatic heterocycles. The van der Waals surface area contributed by atoms with Crippen molar-refractivity contribution < 1.29 is 26.8 Å². The maximum absolute atomic E-state index is 13.2. The Balaban J connectivity index is 2.61. The first-order chi connectivity index (χ1) is 7.81. The van der Waals surface area contributed by atoms with E-state index in [4.69, 9.17) is 0 Å². The molecule has 0 bridgehead atoms. The lowest BCUT2D eigenvalue weighted by Gasteiger charge is -2.16. The number of hydrogen-bond donors (Lipinski definition) is 1. The molecule has 7 heteroatoms. The molecule has 1 unspecified atom stereocenters. The van der Waals surface area contributed by atoms with E-state index in [0.29, 0.717) is 0 Å². The van der Waals surface area contributed by atoms with Crippen LogP contribution < -0.4 is 5.48 Å². The Morgan fingerprint density at radius 3 is 2.24 bits per heavy atom. The molecule has 0 saturated carbocycles. The van der Waals surface area contributed by atoms with E-state index < -0.39 is 30.5 Å². The lowest BCUT2D eigenvalue weighted by molar-refractivity contribution is -0.192. The Bertz CT molecular complexity index is 359. The van der Waals surface area contributed by atoms with E-state index in [1.54, 1.807) is 0 Å². The second kappa shape index (κ2) is 5.42. The number of nitrogens with one attached hydrogen (secondary N) is 1. The van der Waals surface area contributed by atoms with Crippen LogP contribution in [0.2, 0.25) is 0 Å². The molecule has 1 aromatic carbocycles. The summed E-state index contributed by atoms with van der Waals surface area (Å²) >= 11 is 0. The summed E-state index contributed by atoms with van der Waals surface area (Å²) in [6.45, 7) is -0.245. The quantitative estimate of drug-likeness (QED) is 0.659. The van der Waals surface area contributed by atoms with Crippen LogP contribution in [0.25, 0.3) is 0 Å². The van der Waals surface area contributed by atoms with Gasteiger partial charge in [0.05, 0.1) is 6.04 Å². The molecule has 1 aromatic rings. The fraction of sp³-hybridized carbons (Fsp3) is 0.400. The van der Waals surface area contributed by atoms with Crippen molar-refractivity contribution in [3.63, 3.8) is 0 Å². The summed E-state index contributed by atoms with van der Waals surface area (Å²) in [6, 6.07) is 2.16. The van der Waals surface area contributed by atoms with Gasteiger partial charge in [-0.25, -0.2) is 8.78 Å². The molecular weight excluding hydrogens is 245 g/mol. The number of alkyl halides is 3. The van der Waals surface area contributed by atoms with Crippen LogP contribution in [0.4, 0.5) is 22.0 Å². The van der Waals surface area contributed by atoms with E-state index in [9.17, 15) is 22.0 Å². The molecule has 2 nitrogen and oxygen atoms in total. The number of hydrogen-bond acceptors (Lipinski definition) is 2. The lowest BCUT2D eigenvalue weighted by atomic mass is 10.1. The van der Waals surface area contributed by atoms with Crippen molar-refractivity contribution in [3.8, 4) is 0 Å². The topological polar surface area (TPSA) is 21.3 Å². The average molecular weight is 255 g/mol. The van der Waals surface area contributed by atoms with Gasteiger partial charge in [-0.05, 0) is 19.1 Å². The average Bonchev–Trinajstić information content (AvgIpc) is 2.15. The molecule has 1 atom stereocenters. The molecule has 1 rings (SSSR count). The van der Waals surface area contributed by atoms with Crippen LogP contribution in [-0.4, -0.2) is 12.8 Å². The van der Waals surface area contributed by atoms with Gasteiger partial charge >= 0.3 is 6.18 Å². The standard InChI is InChI=1S/C10H10F5NO/c1-6(16-17-5-10(13,14)15)9-7(11)3-2-4-8(9)12/h2-4,6,16H,5H2,1H3. The zero-order valence-electron chi connectivity index (χ0n) is 8.81. The second-order valence-corrected chi connectivity index (χ2v) is 3.38. The molecule has 0 spiro atoms. The summed E-state index contributed by atoms with van der Waals surface area (Å²) in [7, 11) is 0. The summed E-state index contributed by atoms with van der Waals surface area (Å²) in [5.74, 6) is -1.69. The highest BCUT2D eigenvalue weighted by atomic mass is 19.4. The second-order valence-electron chi connectivity index (χ2n) is 3.38. The number of halogens is 5. The number of rotatable bonds is 4. The van der Waals surface area contributed by atoms with Gasteiger partial charge in [0.25, 0.3) is 0 Å². The first-order valence-electron chi connectivity index (χ1n) is 4.69. The zero-order chi connectivity index (χ0) is 13.1. The van der Waals surface area contributed by atoms with Gasteiger partial charge in [-0.2, -0.15) is 18.7 Å². The van der Waals surface area contributed by atoms with Gasteiger partial charge in [0, 0.05) is 5.56 Å². The Hall–Kier alpha value is -1.21. The van der Waals surface area contributed by atoms with Crippen molar-refractivity contribution in [1.29, 1.82) is 0 Å². The van der Waals surface area contributed by atoms with E-state index in [-0.39, 0.29) is 5.56 Å². The van der Waals surface area contributed by atoms with Crippen molar-refractivity contribution in [1.82, 2.24) is 5.48 Å². The molecule has 0 aliphatic rings. The first kappa shape index (κ1) is 13.9. The highest BCUT2D eigenvalue weighted by molar-refractivity contribution is 5.22. The monoisotopic (exact) mass is 255 g/mol. The van der Waals surface area contributed by atoms with Crippen molar-refractivity contribution in [3.05, 3.63) is 35.4 Å². The van der Waals surface area contributed by atoms with E-state index in [2.05, 4.69) is 4.84 Å². The number of benzene rings is 1. The Kier molecular flexibility index (Phi) is 4.41. The highest BCUT2D eigenvalue weighted by Gasteiger charge is 2.28. The number of hydroxylamine groups is 1. The molecule has 17 heavy (non-hydrogen) atoms. The maximum atomic E-state index is 13.2. The first-order valence-corrected chi connectivity index (χ1v) is 4.69. The Morgan fingerprint density at radius 2 is 1.76 bits per heavy atom. The predicted molar refractivity (Wildman–Crippen MR) is 49.9 cm³/mol. The molecule has 0 fully saturated rings. The molecule has 1 N–H and O–H groups in total. The summed E-state index contributed by atoms with van der Waals surface area (Å²) in [4.78, 5) is 4.12. The molecular formula is C10H10F5NO. The van der Waals surface area contributed by atoms with Crippen molar-refractivity contribution in [2.45, 2.75) is 19.1 Å². The molecule has 96 valence electrons. The van der Waals surface area contributed by atoms with Gasteiger partial charge in [0.1, 0.15) is 11.6 Å². The normalized spacial score (nSPS) is 13.8. The Morgan fingerprint density at radius 1 is 1.24 bits per heavy atom. The summed E-state index contributed by atoms with van der Waals surface area (Å²) in [5, 5.41) is 0. The minimum Gasteiger partial charge on any atom is -0.292 e. The fourth-order valence-corrected chi connectivity index (χ4v) is 1.23. The summed E-state index contributed by atoms with van der Waals surface area (Å²) < 4.78 is 61.7. The maximum Gasteiger partial charge on any atom is 0.413 e. The van der Waals surface area contributed by atoms with E-state index in [0.717, 1.165) is 18.2 Å². The van der Waals surface area contributed by atoms with Crippen LogP contribution >= 0.6 is 0 Å². The SMILES string of the molecule is CC(NOCC(F)(F)F)c1c(F)cccc1F. The van der Waals surface area contributed by atoms with Crippen LogP contribution in [0.15, 0.2) is 18.2 Å². The van der Waals surface area contributed by atoms with E-state index in [1.165, 1.54) is 6.92 Å². The van der Waals surface area contributed by atoms with Gasteiger partial charge < -0.3 is 0 Å². The van der Waals surface area contributed by atoms with Crippen LogP contribution in [-0.2, 0) is 4.84 Å². The molecule has 0 heterocycles. The van der Waals surface area contributed by atoms with Crippen LogP contribution in [0.1, 0.15) is 18.5 Å². The summed E-state index contributed by atoms with van der Waals surface area (Å²) in [5.41, 5.74) is 1.57. The highest BCUT2D eigenvalue weighted by Crippen LogP contribution is 2.21. The third-order valence-electron chi connectivity index (χ3n) is 1.93. The van der Waals surface area contributed by atoms with Gasteiger partial charge in [0.2, 0.25) is 0 Å².